The topological polar surface area (TPSA) is 58.1 Å². The van der Waals surface area contributed by atoms with Gasteiger partial charge >= 0.3 is 0 Å². The highest BCUT2D eigenvalue weighted by Gasteiger charge is 2.33. The first-order chi connectivity index (χ1) is 14.2. The normalized spacial score (nSPS) is 23.8. The Hall–Kier alpha value is -1.15. The monoisotopic (exact) mass is 422 g/mol. The average Bonchev–Trinajstić information content (AvgIpc) is 3.42. The van der Waals surface area contributed by atoms with Gasteiger partial charge in [-0.05, 0) is 43.0 Å². The van der Waals surface area contributed by atoms with Gasteiger partial charge in [0.25, 0.3) is 0 Å². The van der Waals surface area contributed by atoms with Crippen LogP contribution in [0.3, 0.4) is 0 Å². The van der Waals surface area contributed by atoms with Gasteiger partial charge in [-0.15, -0.1) is 11.3 Å². The van der Waals surface area contributed by atoms with Crippen molar-refractivity contribution in [3.8, 4) is 0 Å². The van der Waals surface area contributed by atoms with Gasteiger partial charge in [0.15, 0.2) is 5.96 Å². The van der Waals surface area contributed by atoms with Gasteiger partial charge in [-0.2, -0.15) is 0 Å². The van der Waals surface area contributed by atoms with E-state index < -0.39 is 0 Å². The van der Waals surface area contributed by atoms with Gasteiger partial charge in [-0.1, -0.05) is 18.9 Å². The molecule has 0 radical (unpaired) electrons. The first-order valence-corrected chi connectivity index (χ1v) is 11.9. The number of rotatable bonds is 9. The summed E-state index contributed by atoms with van der Waals surface area (Å²) in [6.07, 6.45) is 6.62. The first kappa shape index (κ1) is 22.5. The van der Waals surface area contributed by atoms with Crippen molar-refractivity contribution in [2.75, 3.05) is 53.6 Å². The fraction of sp³-hybridized carbons (Fsp3) is 0.773. The molecule has 0 bridgehead atoms. The number of ether oxygens (including phenoxy) is 2. The number of hydrogen-bond acceptors (Lipinski definition) is 5. The van der Waals surface area contributed by atoms with Crippen LogP contribution in [0.5, 0.6) is 0 Å². The van der Waals surface area contributed by atoms with E-state index >= 15 is 0 Å². The lowest BCUT2D eigenvalue weighted by atomic mass is 9.83. The van der Waals surface area contributed by atoms with E-state index in [2.05, 4.69) is 45.0 Å². The Morgan fingerprint density at radius 2 is 2.24 bits per heavy atom. The third kappa shape index (κ3) is 6.41. The van der Waals surface area contributed by atoms with E-state index in [9.17, 15) is 0 Å². The Morgan fingerprint density at radius 1 is 1.41 bits per heavy atom. The van der Waals surface area contributed by atoms with Crippen LogP contribution in [0.4, 0.5) is 0 Å². The number of thiophene rings is 1. The molecule has 0 spiro atoms. The molecule has 2 N–H and O–H groups in total. The molecule has 1 saturated carbocycles. The fourth-order valence-corrected chi connectivity index (χ4v) is 5.52. The highest BCUT2D eigenvalue weighted by atomic mass is 32.1. The fourth-order valence-electron chi connectivity index (χ4n) is 4.66. The maximum atomic E-state index is 5.76. The van der Waals surface area contributed by atoms with E-state index in [1.54, 1.807) is 7.11 Å². The van der Waals surface area contributed by atoms with Crippen molar-refractivity contribution in [3.63, 3.8) is 0 Å². The molecule has 2 atom stereocenters. The van der Waals surface area contributed by atoms with Crippen LogP contribution in [-0.2, 0) is 9.47 Å². The van der Waals surface area contributed by atoms with Gasteiger partial charge in [0.2, 0.25) is 0 Å². The second kappa shape index (κ2) is 11.3. The molecular formula is C22H38N4O2S. The minimum Gasteiger partial charge on any atom is -0.385 e. The van der Waals surface area contributed by atoms with Crippen molar-refractivity contribution in [3.05, 3.63) is 22.4 Å². The van der Waals surface area contributed by atoms with Gasteiger partial charge in [0.05, 0.1) is 18.8 Å². The molecule has 164 valence electrons. The molecule has 1 aromatic heterocycles. The smallest absolute Gasteiger partial charge is 0.191 e. The van der Waals surface area contributed by atoms with Crippen LogP contribution in [0.1, 0.15) is 49.9 Å². The van der Waals surface area contributed by atoms with Gasteiger partial charge in [0, 0.05) is 51.8 Å². The zero-order chi connectivity index (χ0) is 20.5. The van der Waals surface area contributed by atoms with Crippen molar-refractivity contribution < 1.29 is 9.47 Å². The molecule has 1 aliphatic carbocycles. The standard InChI is InChI=1S/C22H38N4O2S/c1-18-16-26(11-13-28-18)19(20-7-6-14-29-20)15-24-21(23-2)25-17-22(10-12-27-3)8-4-5-9-22/h6-7,14,18-19H,4-5,8-13,15-17H2,1-3H3,(H2,23,24,25). The maximum Gasteiger partial charge on any atom is 0.191 e. The number of methoxy groups -OCH3 is 1. The van der Waals surface area contributed by atoms with Crippen LogP contribution in [0, 0.1) is 5.41 Å². The van der Waals surface area contributed by atoms with Gasteiger partial charge in [-0.3, -0.25) is 9.89 Å². The van der Waals surface area contributed by atoms with Crippen LogP contribution in [0.15, 0.2) is 22.5 Å². The van der Waals surface area contributed by atoms with Crippen LogP contribution in [-0.4, -0.2) is 70.5 Å². The van der Waals surface area contributed by atoms with Gasteiger partial charge < -0.3 is 20.1 Å². The molecule has 0 aromatic carbocycles. The summed E-state index contributed by atoms with van der Waals surface area (Å²) in [5.41, 5.74) is 0.348. The highest BCUT2D eigenvalue weighted by Crippen LogP contribution is 2.40. The summed E-state index contributed by atoms with van der Waals surface area (Å²) in [5.74, 6) is 0.900. The summed E-state index contributed by atoms with van der Waals surface area (Å²) >= 11 is 1.83. The Balaban J connectivity index is 1.57. The largest absolute Gasteiger partial charge is 0.385 e. The number of morpholine rings is 1. The first-order valence-electron chi connectivity index (χ1n) is 11.0. The number of aliphatic imine (C=N–C) groups is 1. The molecule has 0 amide bonds. The van der Waals surface area contributed by atoms with Crippen LogP contribution < -0.4 is 10.6 Å². The molecule has 2 unspecified atom stereocenters. The molecule has 3 rings (SSSR count). The summed E-state index contributed by atoms with van der Waals surface area (Å²) in [6, 6.07) is 4.73. The highest BCUT2D eigenvalue weighted by molar-refractivity contribution is 7.10. The molecule has 6 nitrogen and oxygen atoms in total. The van der Waals surface area contributed by atoms with Gasteiger partial charge in [0.1, 0.15) is 0 Å². The molecular weight excluding hydrogens is 384 g/mol. The lowest BCUT2D eigenvalue weighted by Gasteiger charge is -2.37. The Kier molecular flexibility index (Phi) is 8.78. The molecule has 2 fully saturated rings. The van der Waals surface area contributed by atoms with E-state index in [0.717, 1.165) is 51.8 Å². The van der Waals surface area contributed by atoms with Crippen molar-refractivity contribution in [1.29, 1.82) is 0 Å². The number of hydrogen-bond donors (Lipinski definition) is 2. The average molecular weight is 423 g/mol. The Morgan fingerprint density at radius 3 is 2.90 bits per heavy atom. The second-order valence-electron chi connectivity index (χ2n) is 8.46. The summed E-state index contributed by atoms with van der Waals surface area (Å²) in [6.45, 7) is 7.55. The number of nitrogens with one attached hydrogen (secondary N) is 2. The predicted molar refractivity (Wildman–Crippen MR) is 121 cm³/mol. The van der Waals surface area contributed by atoms with Crippen molar-refractivity contribution in [2.24, 2.45) is 10.4 Å². The predicted octanol–water partition coefficient (Wildman–Crippen LogP) is 3.27. The lowest BCUT2D eigenvalue weighted by Crippen LogP contribution is -2.49. The Labute approximate surface area is 180 Å². The van der Waals surface area contributed by atoms with Crippen LogP contribution in [0.25, 0.3) is 0 Å². The van der Waals surface area contributed by atoms with Gasteiger partial charge in [-0.25, -0.2) is 0 Å². The zero-order valence-electron chi connectivity index (χ0n) is 18.3. The van der Waals surface area contributed by atoms with Crippen molar-refractivity contribution >= 4 is 17.3 Å². The Bertz CT molecular complexity index is 616. The molecule has 1 aliphatic heterocycles. The minimum absolute atomic E-state index is 0.284. The molecule has 7 heteroatoms. The zero-order valence-corrected chi connectivity index (χ0v) is 19.1. The number of nitrogens with zero attached hydrogens (tertiary/aromatic N) is 2. The second-order valence-corrected chi connectivity index (χ2v) is 9.44. The van der Waals surface area contributed by atoms with E-state index in [0.29, 0.717) is 11.5 Å². The summed E-state index contributed by atoms with van der Waals surface area (Å²) < 4.78 is 11.1. The summed E-state index contributed by atoms with van der Waals surface area (Å²) in [7, 11) is 3.66. The lowest BCUT2D eigenvalue weighted by molar-refractivity contribution is -0.0334. The summed E-state index contributed by atoms with van der Waals surface area (Å²) in [5, 5.41) is 9.38. The maximum absolute atomic E-state index is 5.76. The molecule has 2 heterocycles. The number of guanidine groups is 1. The van der Waals surface area contributed by atoms with Crippen LogP contribution >= 0.6 is 11.3 Å². The molecule has 1 saturated heterocycles. The van der Waals surface area contributed by atoms with Crippen molar-refractivity contribution in [2.45, 2.75) is 51.2 Å². The van der Waals surface area contributed by atoms with E-state index in [1.165, 1.54) is 30.6 Å². The molecule has 29 heavy (non-hydrogen) atoms. The SMILES string of the molecule is CN=C(NCC(c1cccs1)N1CCOC(C)C1)NCC1(CCOC)CCCC1. The van der Waals surface area contributed by atoms with E-state index in [1.807, 2.05) is 18.4 Å². The third-order valence-electron chi connectivity index (χ3n) is 6.40. The molecule has 1 aromatic rings. The third-order valence-corrected chi connectivity index (χ3v) is 7.38. The minimum atomic E-state index is 0.284. The quantitative estimate of drug-likeness (QED) is 0.472. The van der Waals surface area contributed by atoms with E-state index in [-0.39, 0.29) is 6.10 Å². The van der Waals surface area contributed by atoms with E-state index in [4.69, 9.17) is 9.47 Å². The van der Waals surface area contributed by atoms with Crippen LogP contribution in [0.2, 0.25) is 0 Å². The molecule has 2 aliphatic rings. The summed E-state index contributed by atoms with van der Waals surface area (Å²) in [4.78, 5) is 8.43. The van der Waals surface area contributed by atoms with Crippen molar-refractivity contribution in [1.82, 2.24) is 15.5 Å².